The van der Waals surface area contributed by atoms with Crippen LogP contribution in [-0.2, 0) is 14.6 Å². The number of nitriles is 1. The van der Waals surface area contributed by atoms with Crippen LogP contribution in [-0.4, -0.2) is 24.7 Å². The maximum Gasteiger partial charge on any atom is 0.156 e. The molecule has 0 aliphatic carbocycles. The van der Waals surface area contributed by atoms with Gasteiger partial charge in [0.15, 0.2) is 9.84 Å². The third-order valence-electron chi connectivity index (χ3n) is 3.78. The fraction of sp³-hybridized carbons (Fsp3) is 0.818. The molecule has 2 rings (SSSR count). The number of fused-ring (bicyclic) bond motifs is 2. The Morgan fingerprint density at radius 1 is 1.25 bits per heavy atom. The van der Waals surface area contributed by atoms with E-state index in [9.17, 15) is 13.2 Å². The van der Waals surface area contributed by atoms with Crippen LogP contribution in [0.3, 0.4) is 0 Å². The first kappa shape index (κ1) is 11.6. The summed E-state index contributed by atoms with van der Waals surface area (Å²) in [4.78, 5) is 11.6. The van der Waals surface area contributed by atoms with Crippen LogP contribution in [0.2, 0.25) is 0 Å². The Labute approximate surface area is 95.6 Å². The second-order valence-corrected chi connectivity index (χ2v) is 7.24. The van der Waals surface area contributed by atoms with Crippen molar-refractivity contribution in [3.8, 4) is 6.07 Å². The molecule has 0 radical (unpaired) electrons. The maximum absolute atomic E-state index is 11.9. The number of Topliss-reactive ketones (excluding diaryl/α,β-unsaturated/α-hetero) is 1. The lowest BCUT2D eigenvalue weighted by atomic mass is 9.86. The van der Waals surface area contributed by atoms with E-state index in [2.05, 4.69) is 0 Å². The molecule has 2 fully saturated rings. The third-order valence-corrected chi connectivity index (χ3v) is 6.50. The van der Waals surface area contributed by atoms with Gasteiger partial charge < -0.3 is 0 Å². The summed E-state index contributed by atoms with van der Waals surface area (Å²) in [6.45, 7) is 0. The van der Waals surface area contributed by atoms with E-state index in [0.717, 1.165) is 6.42 Å². The van der Waals surface area contributed by atoms with Gasteiger partial charge in [-0.05, 0) is 25.7 Å². The minimum atomic E-state index is -2.98. The highest BCUT2D eigenvalue weighted by Crippen LogP contribution is 2.39. The van der Waals surface area contributed by atoms with E-state index in [4.69, 9.17) is 5.26 Å². The molecule has 0 aromatic rings. The van der Waals surface area contributed by atoms with E-state index in [-0.39, 0.29) is 28.6 Å². The summed E-state index contributed by atoms with van der Waals surface area (Å²) < 4.78 is 23.9. The highest BCUT2D eigenvalue weighted by atomic mass is 32.2. The molecule has 88 valence electrons. The molecule has 2 saturated heterocycles. The lowest BCUT2D eigenvalue weighted by Crippen LogP contribution is -2.45. The van der Waals surface area contributed by atoms with Gasteiger partial charge >= 0.3 is 0 Å². The van der Waals surface area contributed by atoms with Gasteiger partial charge in [0.2, 0.25) is 0 Å². The van der Waals surface area contributed by atoms with Crippen molar-refractivity contribution in [2.45, 2.75) is 49.0 Å². The predicted molar refractivity (Wildman–Crippen MR) is 58.3 cm³/mol. The van der Waals surface area contributed by atoms with Crippen molar-refractivity contribution in [2.75, 3.05) is 0 Å². The van der Waals surface area contributed by atoms with E-state index in [1.165, 1.54) is 0 Å². The van der Waals surface area contributed by atoms with Crippen molar-refractivity contribution >= 4 is 15.6 Å². The average Bonchev–Trinajstić information content (AvgIpc) is 2.15. The summed E-state index contributed by atoms with van der Waals surface area (Å²) in [6.07, 6.45) is 3.14. The van der Waals surface area contributed by atoms with E-state index < -0.39 is 9.84 Å². The normalized spacial score (nSPS) is 36.3. The maximum atomic E-state index is 11.9. The first-order valence-electron chi connectivity index (χ1n) is 5.68. The number of ketones is 1. The van der Waals surface area contributed by atoms with Gasteiger partial charge in [0, 0.05) is 5.92 Å². The second kappa shape index (κ2) is 4.17. The SMILES string of the molecule is N#CCC(=O)C1CC2CCCC(C1)S2(=O)=O. The molecule has 5 heteroatoms. The highest BCUT2D eigenvalue weighted by molar-refractivity contribution is 7.92. The highest BCUT2D eigenvalue weighted by Gasteiger charge is 2.45. The molecule has 0 saturated carbocycles. The predicted octanol–water partition coefficient (Wildman–Crippen LogP) is 1.22. The molecular weight excluding hydrogens is 226 g/mol. The minimum absolute atomic E-state index is 0.0747. The molecule has 2 aliphatic heterocycles. The van der Waals surface area contributed by atoms with Crippen LogP contribution in [0.1, 0.15) is 38.5 Å². The third kappa shape index (κ3) is 1.86. The first-order valence-corrected chi connectivity index (χ1v) is 7.29. The molecule has 0 amide bonds. The zero-order valence-corrected chi connectivity index (χ0v) is 9.87. The number of rotatable bonds is 2. The molecular formula is C11H15NO3S. The number of sulfone groups is 1. The van der Waals surface area contributed by atoms with E-state index in [1.54, 1.807) is 0 Å². The van der Waals surface area contributed by atoms with Gasteiger partial charge in [-0.1, -0.05) is 6.42 Å². The summed E-state index contributed by atoms with van der Waals surface area (Å²) >= 11 is 0. The lowest BCUT2D eigenvalue weighted by molar-refractivity contribution is -0.122. The van der Waals surface area contributed by atoms with Gasteiger partial charge in [0.1, 0.15) is 5.78 Å². The Morgan fingerprint density at radius 2 is 1.81 bits per heavy atom. The second-order valence-electron chi connectivity index (χ2n) is 4.73. The van der Waals surface area contributed by atoms with Gasteiger partial charge in [-0.2, -0.15) is 5.26 Å². The van der Waals surface area contributed by atoms with Crippen LogP contribution in [0, 0.1) is 17.2 Å². The molecule has 0 spiro atoms. The first-order chi connectivity index (χ1) is 7.55. The van der Waals surface area contributed by atoms with Crippen molar-refractivity contribution in [3.63, 3.8) is 0 Å². The summed E-state index contributed by atoms with van der Waals surface area (Å²) in [5.41, 5.74) is 0. The van der Waals surface area contributed by atoms with Gasteiger partial charge in [-0.25, -0.2) is 8.42 Å². The molecule has 2 heterocycles. The fourth-order valence-electron chi connectivity index (χ4n) is 2.89. The molecule has 2 aliphatic rings. The van der Waals surface area contributed by atoms with E-state index in [0.29, 0.717) is 25.7 Å². The summed E-state index contributed by atoms with van der Waals surface area (Å²) in [6, 6.07) is 1.85. The quantitative estimate of drug-likeness (QED) is 0.728. The molecule has 0 N–H and O–H groups in total. The molecule has 4 nitrogen and oxygen atoms in total. The van der Waals surface area contributed by atoms with Crippen LogP contribution in [0.25, 0.3) is 0 Å². The van der Waals surface area contributed by atoms with Gasteiger partial charge in [-0.15, -0.1) is 0 Å². The number of carbonyl (C=O) groups is 1. The summed E-state index contributed by atoms with van der Waals surface area (Å²) in [5, 5.41) is 7.83. The van der Waals surface area contributed by atoms with Crippen molar-refractivity contribution < 1.29 is 13.2 Å². The zero-order chi connectivity index (χ0) is 11.8. The van der Waals surface area contributed by atoms with Crippen LogP contribution < -0.4 is 0 Å². The van der Waals surface area contributed by atoms with Crippen molar-refractivity contribution in [3.05, 3.63) is 0 Å². The molecule has 2 atom stereocenters. The van der Waals surface area contributed by atoms with Crippen molar-refractivity contribution in [2.24, 2.45) is 5.92 Å². The Morgan fingerprint density at radius 3 is 2.31 bits per heavy atom. The Bertz CT molecular complexity index is 415. The summed E-state index contributed by atoms with van der Waals surface area (Å²) in [7, 11) is -2.98. The molecule has 2 unspecified atom stereocenters. The van der Waals surface area contributed by atoms with E-state index in [1.807, 2.05) is 6.07 Å². The topological polar surface area (TPSA) is 75.0 Å². The van der Waals surface area contributed by atoms with Crippen molar-refractivity contribution in [1.82, 2.24) is 0 Å². The number of carbonyl (C=O) groups excluding carboxylic acids is 1. The van der Waals surface area contributed by atoms with Crippen molar-refractivity contribution in [1.29, 1.82) is 5.26 Å². The minimum Gasteiger partial charge on any atom is -0.298 e. The summed E-state index contributed by atoms with van der Waals surface area (Å²) in [5.74, 6) is -0.271. The average molecular weight is 241 g/mol. The lowest BCUT2D eigenvalue weighted by Gasteiger charge is -2.37. The number of hydrogen-bond acceptors (Lipinski definition) is 4. The van der Waals surface area contributed by atoms with Crippen LogP contribution in [0.15, 0.2) is 0 Å². The van der Waals surface area contributed by atoms with Crippen LogP contribution in [0.5, 0.6) is 0 Å². The monoisotopic (exact) mass is 241 g/mol. The number of nitrogens with zero attached hydrogens (tertiary/aromatic N) is 1. The molecule has 0 aromatic heterocycles. The van der Waals surface area contributed by atoms with Gasteiger partial charge in [-0.3, -0.25) is 4.79 Å². The fourth-order valence-corrected chi connectivity index (χ4v) is 5.43. The molecule has 16 heavy (non-hydrogen) atoms. The largest absolute Gasteiger partial charge is 0.298 e. The Balaban J connectivity index is 2.16. The standard InChI is InChI=1S/C11H15NO3S/c12-5-4-11(13)8-6-9-2-1-3-10(7-8)16(9,14)15/h8-10H,1-4,6-7H2. The van der Waals surface area contributed by atoms with E-state index >= 15 is 0 Å². The van der Waals surface area contributed by atoms with Crippen LogP contribution >= 0.6 is 0 Å². The van der Waals surface area contributed by atoms with Crippen LogP contribution in [0.4, 0.5) is 0 Å². The smallest absolute Gasteiger partial charge is 0.156 e. The molecule has 2 bridgehead atoms. The van der Waals surface area contributed by atoms with Gasteiger partial charge in [0.25, 0.3) is 0 Å². The number of hydrogen-bond donors (Lipinski definition) is 0. The molecule has 0 aromatic carbocycles. The zero-order valence-electron chi connectivity index (χ0n) is 9.05. The van der Waals surface area contributed by atoms with Gasteiger partial charge in [0.05, 0.1) is 23.0 Å². The Kier molecular flexibility index (Phi) is 3.02. The Hall–Kier alpha value is -0.890.